The molecule has 4 heterocycles. The zero-order valence-electron chi connectivity index (χ0n) is 14.8. The van der Waals surface area contributed by atoms with Crippen LogP contribution >= 0.6 is 0 Å². The van der Waals surface area contributed by atoms with Crippen LogP contribution in [0.3, 0.4) is 0 Å². The van der Waals surface area contributed by atoms with Crippen molar-refractivity contribution in [1.29, 1.82) is 0 Å². The van der Waals surface area contributed by atoms with Crippen LogP contribution in [0.25, 0.3) is 0 Å². The van der Waals surface area contributed by atoms with E-state index in [0.29, 0.717) is 44.1 Å². The summed E-state index contributed by atoms with van der Waals surface area (Å²) in [5, 5.41) is 3.91. The highest BCUT2D eigenvalue weighted by atomic mass is 19.1. The molecule has 0 N–H and O–H groups in total. The van der Waals surface area contributed by atoms with Gasteiger partial charge in [-0.15, -0.1) is 0 Å². The van der Waals surface area contributed by atoms with E-state index in [0.717, 1.165) is 18.6 Å². The second-order valence-electron chi connectivity index (χ2n) is 7.60. The Bertz CT molecular complexity index is 860. The summed E-state index contributed by atoms with van der Waals surface area (Å²) in [4.78, 5) is 18.2. The van der Waals surface area contributed by atoms with Gasteiger partial charge < -0.3 is 18.9 Å². The fourth-order valence-corrected chi connectivity index (χ4v) is 3.82. The summed E-state index contributed by atoms with van der Waals surface area (Å²) in [6, 6.07) is 4.61. The fourth-order valence-electron chi connectivity index (χ4n) is 3.82. The van der Waals surface area contributed by atoms with Gasteiger partial charge in [-0.1, -0.05) is 5.16 Å². The highest BCUT2D eigenvalue weighted by Gasteiger charge is 2.50. The van der Waals surface area contributed by atoms with Crippen LogP contribution < -0.4 is 4.74 Å². The Morgan fingerprint density at radius 2 is 2.19 bits per heavy atom. The molecular weight excluding hydrogens is 353 g/mol. The molecular formula is C19H20FN3O4. The molecule has 2 aromatic rings. The van der Waals surface area contributed by atoms with Gasteiger partial charge >= 0.3 is 0 Å². The molecule has 1 amide bonds. The molecule has 1 saturated carbocycles. The molecule has 2 aromatic heterocycles. The third-order valence-corrected chi connectivity index (χ3v) is 5.42. The highest BCUT2D eigenvalue weighted by molar-refractivity contribution is 5.93. The minimum atomic E-state index is -0.471. The van der Waals surface area contributed by atoms with Crippen LogP contribution in [-0.4, -0.2) is 52.3 Å². The Hall–Kier alpha value is -2.48. The van der Waals surface area contributed by atoms with Crippen LogP contribution in [-0.2, 0) is 4.74 Å². The lowest BCUT2D eigenvalue weighted by molar-refractivity contribution is -0.174. The number of likely N-dealkylation sites (tertiary alicyclic amines) is 1. The average Bonchev–Trinajstić information content (AvgIpc) is 3.38. The number of hydrogen-bond acceptors (Lipinski definition) is 6. The fraction of sp³-hybridized carbons (Fsp3) is 0.526. The third-order valence-electron chi connectivity index (χ3n) is 5.42. The molecule has 2 aliphatic heterocycles. The Balaban J connectivity index is 1.20. The van der Waals surface area contributed by atoms with Crippen LogP contribution in [0.4, 0.5) is 4.39 Å². The number of halogens is 1. The van der Waals surface area contributed by atoms with Crippen LogP contribution in [0.1, 0.15) is 47.8 Å². The summed E-state index contributed by atoms with van der Waals surface area (Å²) in [5.41, 5.74) is -0.0849. The second kappa shape index (κ2) is 6.30. The molecule has 0 radical (unpaired) electrons. The number of amides is 1. The molecule has 0 bridgehead atoms. The maximum Gasteiger partial charge on any atom is 0.276 e. The Kier molecular flexibility index (Phi) is 3.89. The first-order valence-corrected chi connectivity index (χ1v) is 9.29. The van der Waals surface area contributed by atoms with Crippen molar-refractivity contribution in [1.82, 2.24) is 15.0 Å². The van der Waals surface area contributed by atoms with E-state index < -0.39 is 11.4 Å². The number of nitrogens with zero attached hydrogens (tertiary/aromatic N) is 3. The van der Waals surface area contributed by atoms with E-state index in [2.05, 4.69) is 10.1 Å². The lowest BCUT2D eigenvalue weighted by Crippen LogP contribution is -2.67. The van der Waals surface area contributed by atoms with Gasteiger partial charge in [-0.05, 0) is 25.0 Å². The van der Waals surface area contributed by atoms with E-state index in [9.17, 15) is 9.18 Å². The monoisotopic (exact) mass is 373 g/mol. The van der Waals surface area contributed by atoms with E-state index in [1.54, 1.807) is 11.0 Å². The van der Waals surface area contributed by atoms with E-state index in [4.69, 9.17) is 14.0 Å². The van der Waals surface area contributed by atoms with Crippen molar-refractivity contribution >= 4 is 5.91 Å². The predicted molar refractivity (Wildman–Crippen MR) is 90.9 cm³/mol. The van der Waals surface area contributed by atoms with E-state index in [-0.39, 0.29) is 17.9 Å². The number of pyridine rings is 1. The zero-order chi connectivity index (χ0) is 18.4. The summed E-state index contributed by atoms with van der Waals surface area (Å²) >= 11 is 0. The average molecular weight is 373 g/mol. The quantitative estimate of drug-likeness (QED) is 0.820. The molecule has 1 spiro atoms. The number of ether oxygens (including phenoxy) is 2. The first kappa shape index (κ1) is 16.7. The van der Waals surface area contributed by atoms with Crippen molar-refractivity contribution in [3.05, 3.63) is 41.7 Å². The molecule has 0 unspecified atom stereocenters. The van der Waals surface area contributed by atoms with Crippen molar-refractivity contribution in [2.45, 2.75) is 43.3 Å². The molecule has 27 heavy (non-hydrogen) atoms. The van der Waals surface area contributed by atoms with Crippen molar-refractivity contribution in [2.75, 3.05) is 19.7 Å². The van der Waals surface area contributed by atoms with Gasteiger partial charge in [-0.3, -0.25) is 4.79 Å². The standard InChI is InChI=1S/C19H20FN3O4/c20-14-2-1-6-21-17(14)26-13-5-7-25-19(9-13)10-23(11-19)18(24)15-8-16(27-22-15)12-3-4-12/h1-2,6,8,12-13H,3-5,7,9-11H2/t13-/m0/s1. The minimum Gasteiger partial charge on any atom is -0.472 e. The van der Waals surface area contributed by atoms with Gasteiger partial charge in [-0.25, -0.2) is 9.37 Å². The summed E-state index contributed by atoms with van der Waals surface area (Å²) in [6.45, 7) is 1.46. The van der Waals surface area contributed by atoms with Gasteiger partial charge in [0.05, 0.1) is 19.7 Å². The van der Waals surface area contributed by atoms with E-state index in [1.807, 2.05) is 0 Å². The molecule has 1 aliphatic carbocycles. The lowest BCUT2D eigenvalue weighted by atomic mass is 9.84. The summed E-state index contributed by atoms with van der Waals surface area (Å²) in [7, 11) is 0. The summed E-state index contributed by atoms with van der Waals surface area (Å²) in [6.07, 6.45) is 4.78. The van der Waals surface area contributed by atoms with Crippen LogP contribution in [0.2, 0.25) is 0 Å². The summed E-state index contributed by atoms with van der Waals surface area (Å²) in [5.74, 6) is 0.628. The van der Waals surface area contributed by atoms with Gasteiger partial charge in [0.2, 0.25) is 0 Å². The third kappa shape index (κ3) is 3.18. The van der Waals surface area contributed by atoms with Crippen LogP contribution in [0, 0.1) is 5.82 Å². The smallest absolute Gasteiger partial charge is 0.276 e. The van der Waals surface area contributed by atoms with Crippen LogP contribution in [0.15, 0.2) is 28.9 Å². The van der Waals surface area contributed by atoms with E-state index >= 15 is 0 Å². The number of rotatable bonds is 4. The normalized spacial score (nSPS) is 23.9. The molecule has 2 saturated heterocycles. The Morgan fingerprint density at radius 1 is 1.33 bits per heavy atom. The maximum atomic E-state index is 13.8. The van der Waals surface area contributed by atoms with Gasteiger partial charge in [0.15, 0.2) is 11.5 Å². The van der Waals surface area contributed by atoms with Crippen molar-refractivity contribution in [3.8, 4) is 5.88 Å². The molecule has 0 aromatic carbocycles. The maximum absolute atomic E-state index is 13.8. The number of carbonyl (C=O) groups is 1. The molecule has 5 rings (SSSR count). The SMILES string of the molecule is O=C(c1cc(C2CC2)on1)N1CC2(C[C@@H](Oc3ncccc3F)CCO2)C1. The van der Waals surface area contributed by atoms with Gasteiger partial charge in [0.1, 0.15) is 17.5 Å². The topological polar surface area (TPSA) is 77.7 Å². The van der Waals surface area contributed by atoms with Crippen molar-refractivity contribution in [2.24, 2.45) is 0 Å². The first-order chi connectivity index (χ1) is 13.1. The Labute approximate surface area is 155 Å². The number of aromatic nitrogens is 2. The highest BCUT2D eigenvalue weighted by Crippen LogP contribution is 2.41. The number of carbonyl (C=O) groups excluding carboxylic acids is 1. The van der Waals surface area contributed by atoms with Gasteiger partial charge in [0, 0.05) is 31.0 Å². The molecule has 142 valence electrons. The minimum absolute atomic E-state index is 0.0157. The second-order valence-corrected chi connectivity index (χ2v) is 7.60. The van der Waals surface area contributed by atoms with E-state index in [1.165, 1.54) is 18.3 Å². The molecule has 3 fully saturated rings. The molecule has 3 aliphatic rings. The molecule has 8 heteroatoms. The van der Waals surface area contributed by atoms with Gasteiger partial charge in [0.25, 0.3) is 11.8 Å². The summed E-state index contributed by atoms with van der Waals surface area (Å²) < 4.78 is 30.7. The van der Waals surface area contributed by atoms with Crippen LogP contribution in [0.5, 0.6) is 5.88 Å². The first-order valence-electron chi connectivity index (χ1n) is 9.29. The Morgan fingerprint density at radius 3 is 2.96 bits per heavy atom. The van der Waals surface area contributed by atoms with Gasteiger partial charge in [-0.2, -0.15) is 0 Å². The van der Waals surface area contributed by atoms with Crippen molar-refractivity contribution in [3.63, 3.8) is 0 Å². The zero-order valence-corrected chi connectivity index (χ0v) is 14.8. The lowest BCUT2D eigenvalue weighted by Gasteiger charge is -2.52. The van der Waals surface area contributed by atoms with Crippen molar-refractivity contribution < 1.29 is 23.2 Å². The largest absolute Gasteiger partial charge is 0.472 e. The molecule has 1 atom stereocenters. The molecule has 7 nitrogen and oxygen atoms in total. The number of hydrogen-bond donors (Lipinski definition) is 0. The predicted octanol–water partition coefficient (Wildman–Crippen LogP) is 2.54.